The average molecular weight is 423 g/mol. The molecular formula is C20H17N5O4S. The van der Waals surface area contributed by atoms with E-state index in [4.69, 9.17) is 4.42 Å². The Hall–Kier alpha value is -3.79. The molecule has 4 aromatic rings. The van der Waals surface area contributed by atoms with Gasteiger partial charge in [-0.2, -0.15) is 5.10 Å². The summed E-state index contributed by atoms with van der Waals surface area (Å²) in [5.74, 6) is -0.173. The fourth-order valence-corrected chi connectivity index (χ4v) is 3.86. The summed E-state index contributed by atoms with van der Waals surface area (Å²) in [5.41, 5.74) is 1.29. The third kappa shape index (κ3) is 3.98. The van der Waals surface area contributed by atoms with Crippen LogP contribution in [0.1, 0.15) is 11.9 Å². The Balaban J connectivity index is 1.64. The predicted octanol–water partition coefficient (Wildman–Crippen LogP) is 3.02. The number of fused-ring (bicyclic) bond motifs is 1. The van der Waals surface area contributed by atoms with E-state index in [1.165, 1.54) is 24.5 Å². The summed E-state index contributed by atoms with van der Waals surface area (Å²) in [5, 5.41) is 10.4. The number of nitrogens with one attached hydrogen (secondary N) is 2. The van der Waals surface area contributed by atoms with Gasteiger partial charge >= 0.3 is 0 Å². The van der Waals surface area contributed by atoms with Crippen LogP contribution in [0.15, 0.2) is 51.9 Å². The quantitative estimate of drug-likeness (QED) is 0.509. The minimum absolute atomic E-state index is 0.216. The van der Waals surface area contributed by atoms with Crippen molar-refractivity contribution in [2.45, 2.75) is 20.4 Å². The number of furan rings is 1. The van der Waals surface area contributed by atoms with Crippen LogP contribution in [0.2, 0.25) is 0 Å². The maximum Gasteiger partial charge on any atom is 0.294 e. The molecule has 3 aromatic heterocycles. The van der Waals surface area contributed by atoms with Crippen LogP contribution < -0.4 is 16.2 Å². The average Bonchev–Trinajstić information content (AvgIpc) is 3.33. The van der Waals surface area contributed by atoms with E-state index in [9.17, 15) is 14.4 Å². The summed E-state index contributed by atoms with van der Waals surface area (Å²) in [6, 6.07) is 10.2. The highest BCUT2D eigenvalue weighted by Gasteiger charge is 2.19. The van der Waals surface area contributed by atoms with Crippen LogP contribution in [-0.2, 0) is 16.1 Å². The van der Waals surface area contributed by atoms with Crippen LogP contribution >= 0.6 is 11.3 Å². The maximum absolute atomic E-state index is 12.8. The van der Waals surface area contributed by atoms with Crippen LogP contribution in [0.4, 0.5) is 11.4 Å². The molecule has 152 valence electrons. The van der Waals surface area contributed by atoms with Crippen LogP contribution in [0, 0.1) is 6.92 Å². The smallest absolute Gasteiger partial charge is 0.294 e. The van der Waals surface area contributed by atoms with E-state index in [-0.39, 0.29) is 18.0 Å². The summed E-state index contributed by atoms with van der Waals surface area (Å²) in [7, 11) is 0. The van der Waals surface area contributed by atoms with Crippen molar-refractivity contribution in [1.29, 1.82) is 0 Å². The van der Waals surface area contributed by atoms with E-state index < -0.39 is 11.5 Å². The molecule has 0 radical (unpaired) electrons. The number of aromatic nitrogens is 3. The van der Waals surface area contributed by atoms with Crippen molar-refractivity contribution < 1.29 is 14.0 Å². The monoisotopic (exact) mass is 423 g/mol. The Bertz CT molecular complexity index is 1310. The molecule has 0 aliphatic carbocycles. The standard InChI is InChI=1S/C20H17N5O4S/c1-11(26)21-13-5-3-6-14(9-13)23-16(27)10-25-20(28)18-19(30-12(2)22-18)17(24-25)15-7-4-8-29-15/h3-9H,10H2,1-2H3,(H,21,26)(H,23,27). The summed E-state index contributed by atoms with van der Waals surface area (Å²) < 4.78 is 7.14. The second kappa shape index (κ2) is 7.91. The van der Waals surface area contributed by atoms with Gasteiger partial charge in [0.15, 0.2) is 11.3 Å². The zero-order valence-corrected chi connectivity index (χ0v) is 16.9. The van der Waals surface area contributed by atoms with Crippen molar-refractivity contribution in [3.8, 4) is 11.5 Å². The van der Waals surface area contributed by atoms with E-state index >= 15 is 0 Å². The van der Waals surface area contributed by atoms with Crippen molar-refractivity contribution >= 4 is 44.7 Å². The third-order valence-corrected chi connectivity index (χ3v) is 5.10. The molecule has 0 spiro atoms. The molecule has 2 N–H and O–H groups in total. The fourth-order valence-electron chi connectivity index (χ4n) is 2.96. The molecule has 0 aliphatic heterocycles. The van der Waals surface area contributed by atoms with Crippen molar-refractivity contribution in [3.63, 3.8) is 0 Å². The molecular weight excluding hydrogens is 406 g/mol. The Labute approximate surface area is 174 Å². The number of nitrogens with zero attached hydrogens (tertiary/aromatic N) is 3. The molecule has 0 fully saturated rings. The van der Waals surface area contributed by atoms with Crippen LogP contribution in [0.3, 0.4) is 0 Å². The zero-order chi connectivity index (χ0) is 21.3. The number of anilines is 2. The predicted molar refractivity (Wildman–Crippen MR) is 113 cm³/mol. The molecule has 0 bridgehead atoms. The van der Waals surface area contributed by atoms with Crippen molar-refractivity contribution in [2.24, 2.45) is 0 Å². The Morgan fingerprint density at radius 3 is 2.63 bits per heavy atom. The van der Waals surface area contributed by atoms with Gasteiger partial charge in [-0.1, -0.05) is 6.07 Å². The molecule has 9 nitrogen and oxygen atoms in total. The first-order chi connectivity index (χ1) is 14.4. The summed E-state index contributed by atoms with van der Waals surface area (Å²) in [4.78, 5) is 40.9. The lowest BCUT2D eigenvalue weighted by Crippen LogP contribution is -2.30. The number of amides is 2. The third-order valence-electron chi connectivity index (χ3n) is 4.12. The van der Waals surface area contributed by atoms with Crippen molar-refractivity contribution in [2.75, 3.05) is 10.6 Å². The van der Waals surface area contributed by atoms with Gasteiger partial charge < -0.3 is 15.1 Å². The molecule has 0 unspecified atom stereocenters. The van der Waals surface area contributed by atoms with E-state index in [1.807, 2.05) is 0 Å². The van der Waals surface area contributed by atoms with Gasteiger partial charge in [-0.05, 0) is 37.3 Å². The first kappa shape index (κ1) is 19.5. The number of aryl methyl sites for hydroxylation is 1. The molecule has 4 rings (SSSR count). The van der Waals surface area contributed by atoms with Crippen molar-refractivity contribution in [1.82, 2.24) is 14.8 Å². The lowest BCUT2D eigenvalue weighted by molar-refractivity contribution is -0.117. The van der Waals surface area contributed by atoms with E-state index in [1.54, 1.807) is 43.3 Å². The fraction of sp³-hybridized carbons (Fsp3) is 0.150. The van der Waals surface area contributed by atoms with Crippen LogP contribution in [0.25, 0.3) is 21.7 Å². The van der Waals surface area contributed by atoms with Gasteiger partial charge in [0.1, 0.15) is 12.2 Å². The lowest BCUT2D eigenvalue weighted by Gasteiger charge is -2.09. The maximum atomic E-state index is 12.8. The largest absolute Gasteiger partial charge is 0.463 e. The normalized spacial score (nSPS) is 10.9. The summed E-state index contributed by atoms with van der Waals surface area (Å²) in [6.45, 7) is 2.90. The SMILES string of the molecule is CC(=O)Nc1cccc(NC(=O)Cn2nc(-c3ccco3)c3sc(C)nc3c2=O)c1. The number of benzene rings is 1. The molecule has 0 aliphatic rings. The summed E-state index contributed by atoms with van der Waals surface area (Å²) >= 11 is 1.35. The highest BCUT2D eigenvalue weighted by atomic mass is 32.1. The minimum atomic E-state index is -0.452. The molecule has 30 heavy (non-hydrogen) atoms. The summed E-state index contributed by atoms with van der Waals surface area (Å²) in [6.07, 6.45) is 1.51. The van der Waals surface area contributed by atoms with E-state index in [2.05, 4.69) is 20.7 Å². The van der Waals surface area contributed by atoms with Crippen LogP contribution in [0.5, 0.6) is 0 Å². The molecule has 10 heteroatoms. The van der Waals surface area contributed by atoms with Gasteiger partial charge in [-0.25, -0.2) is 9.67 Å². The minimum Gasteiger partial charge on any atom is -0.463 e. The second-order valence-electron chi connectivity index (χ2n) is 6.51. The number of hydrogen-bond donors (Lipinski definition) is 2. The highest BCUT2D eigenvalue weighted by molar-refractivity contribution is 7.19. The first-order valence-corrected chi connectivity index (χ1v) is 9.82. The Morgan fingerprint density at radius 1 is 1.17 bits per heavy atom. The van der Waals surface area contributed by atoms with Gasteiger partial charge in [0.2, 0.25) is 11.8 Å². The topological polar surface area (TPSA) is 119 Å². The molecule has 0 saturated heterocycles. The first-order valence-electron chi connectivity index (χ1n) is 9.00. The molecule has 1 aromatic carbocycles. The number of thiazole rings is 1. The van der Waals surface area contributed by atoms with Crippen LogP contribution in [-0.4, -0.2) is 26.6 Å². The second-order valence-corrected chi connectivity index (χ2v) is 7.71. The number of hydrogen-bond acceptors (Lipinski definition) is 7. The number of carbonyl (C=O) groups excluding carboxylic acids is 2. The van der Waals surface area contributed by atoms with Gasteiger partial charge in [-0.3, -0.25) is 14.4 Å². The van der Waals surface area contributed by atoms with Gasteiger partial charge in [0.05, 0.1) is 16.0 Å². The van der Waals surface area contributed by atoms with Gasteiger partial charge in [-0.15, -0.1) is 11.3 Å². The van der Waals surface area contributed by atoms with E-state index in [0.717, 1.165) is 4.68 Å². The lowest BCUT2D eigenvalue weighted by atomic mass is 10.2. The number of rotatable bonds is 5. The zero-order valence-electron chi connectivity index (χ0n) is 16.1. The molecule has 3 heterocycles. The van der Waals surface area contributed by atoms with Gasteiger partial charge in [0, 0.05) is 18.3 Å². The highest BCUT2D eigenvalue weighted by Crippen LogP contribution is 2.29. The number of carbonyl (C=O) groups is 2. The Morgan fingerprint density at radius 2 is 1.93 bits per heavy atom. The van der Waals surface area contributed by atoms with Gasteiger partial charge in [0.25, 0.3) is 5.56 Å². The van der Waals surface area contributed by atoms with Crippen molar-refractivity contribution in [3.05, 3.63) is 58.0 Å². The molecule has 0 saturated carbocycles. The molecule has 2 amide bonds. The Kier molecular flexibility index (Phi) is 5.15. The van der Waals surface area contributed by atoms with E-state index in [0.29, 0.717) is 32.5 Å². The molecule has 0 atom stereocenters.